The molecule has 0 aliphatic heterocycles. The third kappa shape index (κ3) is 3.80. The van der Waals surface area contributed by atoms with Gasteiger partial charge in [0.15, 0.2) is 5.52 Å². The molecule has 0 saturated carbocycles. The summed E-state index contributed by atoms with van der Waals surface area (Å²) < 4.78 is 46.1. The van der Waals surface area contributed by atoms with Crippen LogP contribution in [0.3, 0.4) is 0 Å². The molecule has 0 unspecified atom stereocenters. The molecule has 0 N–H and O–H groups in total. The lowest BCUT2D eigenvalue weighted by Gasteiger charge is -2.11. The van der Waals surface area contributed by atoms with Gasteiger partial charge >= 0.3 is 6.18 Å². The SMILES string of the molecule is COc1ccc(-c2nn(Cc3cccc(C(F)(F)F)c3)c(=O)c3nc(C)sc23)cc1. The highest BCUT2D eigenvalue weighted by atomic mass is 32.1. The number of nitrogens with zero attached hydrogens (tertiary/aromatic N) is 3. The van der Waals surface area contributed by atoms with Crippen molar-refractivity contribution in [3.8, 4) is 17.0 Å². The van der Waals surface area contributed by atoms with Gasteiger partial charge in [-0.2, -0.15) is 18.3 Å². The zero-order chi connectivity index (χ0) is 21.5. The second kappa shape index (κ2) is 7.56. The topological polar surface area (TPSA) is 57.0 Å². The lowest BCUT2D eigenvalue weighted by Crippen LogP contribution is -2.24. The van der Waals surface area contributed by atoms with Crippen LogP contribution in [0.5, 0.6) is 5.75 Å². The van der Waals surface area contributed by atoms with Crippen molar-refractivity contribution in [3.63, 3.8) is 0 Å². The number of halogens is 3. The second-order valence-corrected chi connectivity index (χ2v) is 7.85. The van der Waals surface area contributed by atoms with Gasteiger partial charge in [-0.3, -0.25) is 4.79 Å². The summed E-state index contributed by atoms with van der Waals surface area (Å²) in [6.07, 6.45) is -4.46. The van der Waals surface area contributed by atoms with E-state index in [0.29, 0.717) is 26.7 Å². The number of alkyl halides is 3. The Morgan fingerprint density at radius 3 is 2.53 bits per heavy atom. The zero-order valence-corrected chi connectivity index (χ0v) is 16.8. The van der Waals surface area contributed by atoms with Crippen molar-refractivity contribution in [1.82, 2.24) is 14.8 Å². The Balaban J connectivity index is 1.85. The molecule has 0 aliphatic carbocycles. The van der Waals surface area contributed by atoms with Gasteiger partial charge in [0, 0.05) is 5.56 Å². The highest BCUT2D eigenvalue weighted by Crippen LogP contribution is 2.31. The third-order valence-electron chi connectivity index (χ3n) is 4.56. The first-order chi connectivity index (χ1) is 14.3. The van der Waals surface area contributed by atoms with E-state index in [-0.39, 0.29) is 12.1 Å². The van der Waals surface area contributed by atoms with Gasteiger partial charge in [-0.15, -0.1) is 11.3 Å². The summed E-state index contributed by atoms with van der Waals surface area (Å²) in [5.41, 5.74) is 0.668. The Morgan fingerprint density at radius 2 is 1.87 bits per heavy atom. The first-order valence-corrected chi connectivity index (χ1v) is 9.77. The minimum Gasteiger partial charge on any atom is -0.497 e. The predicted octanol–water partition coefficient (Wildman–Crippen LogP) is 4.90. The van der Waals surface area contributed by atoms with Crippen LogP contribution in [0.2, 0.25) is 0 Å². The normalized spacial score (nSPS) is 11.8. The fraction of sp³-hybridized carbons (Fsp3) is 0.190. The summed E-state index contributed by atoms with van der Waals surface area (Å²) in [5.74, 6) is 0.674. The van der Waals surface area contributed by atoms with E-state index in [1.807, 2.05) is 12.1 Å². The van der Waals surface area contributed by atoms with Crippen LogP contribution in [0.25, 0.3) is 21.5 Å². The van der Waals surface area contributed by atoms with Gasteiger partial charge in [0.05, 0.1) is 28.9 Å². The zero-order valence-electron chi connectivity index (χ0n) is 16.0. The van der Waals surface area contributed by atoms with Crippen LogP contribution in [0.1, 0.15) is 16.1 Å². The lowest BCUT2D eigenvalue weighted by atomic mass is 10.1. The van der Waals surface area contributed by atoms with E-state index in [2.05, 4.69) is 10.1 Å². The van der Waals surface area contributed by atoms with Gasteiger partial charge in [0.1, 0.15) is 11.4 Å². The molecule has 4 rings (SSSR count). The first kappa shape index (κ1) is 20.1. The molecule has 2 aromatic heterocycles. The second-order valence-electron chi connectivity index (χ2n) is 6.65. The molecular weight excluding hydrogens is 415 g/mol. The van der Waals surface area contributed by atoms with Crippen LogP contribution in [-0.2, 0) is 12.7 Å². The van der Waals surface area contributed by atoms with Gasteiger partial charge in [-0.05, 0) is 48.9 Å². The van der Waals surface area contributed by atoms with Gasteiger partial charge in [-0.25, -0.2) is 9.67 Å². The first-order valence-electron chi connectivity index (χ1n) is 8.95. The van der Waals surface area contributed by atoms with Crippen LogP contribution < -0.4 is 10.3 Å². The predicted molar refractivity (Wildman–Crippen MR) is 109 cm³/mol. The average molecular weight is 431 g/mol. The molecule has 4 aromatic rings. The monoisotopic (exact) mass is 431 g/mol. The molecule has 2 heterocycles. The van der Waals surface area contributed by atoms with Gasteiger partial charge in [0.2, 0.25) is 0 Å². The van der Waals surface area contributed by atoms with Gasteiger partial charge < -0.3 is 4.74 Å². The average Bonchev–Trinajstić information content (AvgIpc) is 3.12. The molecule has 2 aromatic carbocycles. The molecule has 154 valence electrons. The fourth-order valence-corrected chi connectivity index (χ4v) is 4.05. The van der Waals surface area contributed by atoms with E-state index in [1.54, 1.807) is 26.2 Å². The standard InChI is InChI=1S/C21H16F3N3O2S/c1-12-25-18-19(30-12)17(14-6-8-16(29-2)9-7-14)26-27(20(18)28)11-13-4-3-5-15(10-13)21(22,23)24/h3-10H,11H2,1-2H3. The number of hydrogen-bond acceptors (Lipinski definition) is 5. The summed E-state index contributed by atoms with van der Waals surface area (Å²) in [6.45, 7) is 1.69. The van der Waals surface area contributed by atoms with E-state index in [1.165, 1.54) is 23.5 Å². The Hall–Kier alpha value is -3.20. The largest absolute Gasteiger partial charge is 0.497 e. The third-order valence-corrected chi connectivity index (χ3v) is 5.53. The quantitative estimate of drug-likeness (QED) is 0.461. The summed E-state index contributed by atoms with van der Waals surface area (Å²) in [5, 5.41) is 5.18. The number of hydrogen-bond donors (Lipinski definition) is 0. The Bertz CT molecular complexity index is 1280. The minimum absolute atomic E-state index is 0.0988. The van der Waals surface area contributed by atoms with E-state index < -0.39 is 17.3 Å². The number of methoxy groups -OCH3 is 1. The van der Waals surface area contributed by atoms with Crippen LogP contribution in [-0.4, -0.2) is 21.9 Å². The van der Waals surface area contributed by atoms with Crippen molar-refractivity contribution in [2.45, 2.75) is 19.6 Å². The van der Waals surface area contributed by atoms with Crippen LogP contribution in [0.15, 0.2) is 53.3 Å². The number of aromatic nitrogens is 3. The Labute approximate surface area is 173 Å². The van der Waals surface area contributed by atoms with Crippen molar-refractivity contribution in [2.75, 3.05) is 7.11 Å². The van der Waals surface area contributed by atoms with E-state index in [4.69, 9.17) is 4.74 Å². The van der Waals surface area contributed by atoms with E-state index in [0.717, 1.165) is 22.4 Å². The molecule has 5 nitrogen and oxygen atoms in total. The highest BCUT2D eigenvalue weighted by molar-refractivity contribution is 7.19. The number of rotatable bonds is 4. The van der Waals surface area contributed by atoms with Crippen molar-refractivity contribution in [3.05, 3.63) is 75.0 Å². The smallest absolute Gasteiger partial charge is 0.416 e. The summed E-state index contributed by atoms with van der Waals surface area (Å²) in [6, 6.07) is 12.1. The van der Waals surface area contributed by atoms with Crippen LogP contribution in [0, 0.1) is 6.92 Å². The van der Waals surface area contributed by atoms with E-state index >= 15 is 0 Å². The maximum absolute atomic E-state index is 13.0. The van der Waals surface area contributed by atoms with Gasteiger partial charge in [0.25, 0.3) is 5.56 Å². The number of benzene rings is 2. The van der Waals surface area contributed by atoms with Crippen molar-refractivity contribution < 1.29 is 17.9 Å². The van der Waals surface area contributed by atoms with Crippen molar-refractivity contribution in [1.29, 1.82) is 0 Å². The molecule has 0 amide bonds. The minimum atomic E-state index is -4.46. The van der Waals surface area contributed by atoms with Crippen molar-refractivity contribution in [2.24, 2.45) is 0 Å². The summed E-state index contributed by atoms with van der Waals surface area (Å²) in [7, 11) is 1.56. The number of ether oxygens (including phenoxy) is 1. The lowest BCUT2D eigenvalue weighted by molar-refractivity contribution is -0.137. The Kier molecular flexibility index (Phi) is 5.07. The fourth-order valence-electron chi connectivity index (χ4n) is 3.13. The molecule has 30 heavy (non-hydrogen) atoms. The van der Waals surface area contributed by atoms with Gasteiger partial charge in [-0.1, -0.05) is 12.1 Å². The molecule has 0 spiro atoms. The molecule has 0 radical (unpaired) electrons. The number of fused-ring (bicyclic) bond motifs is 1. The summed E-state index contributed by atoms with van der Waals surface area (Å²) in [4.78, 5) is 17.2. The number of thiazole rings is 1. The molecule has 0 saturated heterocycles. The Morgan fingerprint density at radius 1 is 1.13 bits per heavy atom. The highest BCUT2D eigenvalue weighted by Gasteiger charge is 2.30. The molecule has 0 bridgehead atoms. The molecule has 0 atom stereocenters. The maximum atomic E-state index is 13.0. The molecule has 0 aliphatic rings. The molecule has 9 heteroatoms. The van der Waals surface area contributed by atoms with Crippen LogP contribution >= 0.6 is 11.3 Å². The maximum Gasteiger partial charge on any atom is 0.416 e. The summed E-state index contributed by atoms with van der Waals surface area (Å²) >= 11 is 1.35. The van der Waals surface area contributed by atoms with Crippen LogP contribution in [0.4, 0.5) is 13.2 Å². The number of aryl methyl sites for hydroxylation is 1. The molecular formula is C21H16F3N3O2S. The van der Waals surface area contributed by atoms with Crippen molar-refractivity contribution >= 4 is 21.6 Å². The van der Waals surface area contributed by atoms with E-state index in [9.17, 15) is 18.0 Å². The molecule has 0 fully saturated rings.